The third-order valence-electron chi connectivity index (χ3n) is 3.44. The predicted molar refractivity (Wildman–Crippen MR) is 79.1 cm³/mol. The van der Waals surface area contributed by atoms with E-state index in [0.29, 0.717) is 0 Å². The van der Waals surface area contributed by atoms with Gasteiger partial charge in [0.25, 0.3) is 0 Å². The number of nitrogens with one attached hydrogen (secondary N) is 1. The zero-order chi connectivity index (χ0) is 14.7. The molecule has 0 heterocycles. The normalized spacial score (nSPS) is 14.6. The Kier molecular flexibility index (Phi) is 9.83. The van der Waals surface area contributed by atoms with Crippen molar-refractivity contribution in [2.75, 3.05) is 39.4 Å². The fraction of sp³-hybridized carbons (Fsp3) is 0.929. The number of likely N-dealkylation sites (N-methyl/N-ethyl adjacent to an activating group) is 1. The Balaban J connectivity index is 4.23. The van der Waals surface area contributed by atoms with Crippen LogP contribution in [0.15, 0.2) is 0 Å². The summed E-state index contributed by atoms with van der Waals surface area (Å²) in [5.41, 5.74) is 4.90. The SMILES string of the molecule is CCCNC(C)(CCN(CC)CCOCC)C(N)=O. The van der Waals surface area contributed by atoms with Gasteiger partial charge in [0.15, 0.2) is 0 Å². The third kappa shape index (κ3) is 7.50. The summed E-state index contributed by atoms with van der Waals surface area (Å²) in [5.74, 6) is -0.276. The number of rotatable bonds is 12. The average molecular weight is 273 g/mol. The summed E-state index contributed by atoms with van der Waals surface area (Å²) < 4.78 is 5.36. The number of primary amides is 1. The molecule has 5 nitrogen and oxygen atoms in total. The molecule has 0 radical (unpaired) electrons. The van der Waals surface area contributed by atoms with E-state index in [9.17, 15) is 4.79 Å². The molecule has 0 aliphatic heterocycles. The lowest BCUT2D eigenvalue weighted by atomic mass is 9.96. The van der Waals surface area contributed by atoms with E-state index in [0.717, 1.165) is 52.2 Å². The van der Waals surface area contributed by atoms with Gasteiger partial charge >= 0.3 is 0 Å². The van der Waals surface area contributed by atoms with Gasteiger partial charge in [-0.3, -0.25) is 4.79 Å². The number of nitrogens with two attached hydrogens (primary N) is 1. The highest BCUT2D eigenvalue weighted by atomic mass is 16.5. The Bertz CT molecular complexity index is 249. The Hall–Kier alpha value is -0.650. The molecule has 0 spiro atoms. The number of carbonyl (C=O) groups excluding carboxylic acids is 1. The lowest BCUT2D eigenvalue weighted by Crippen LogP contribution is -2.54. The molecule has 0 saturated carbocycles. The van der Waals surface area contributed by atoms with Crippen LogP contribution in [-0.2, 0) is 9.53 Å². The second-order valence-corrected chi connectivity index (χ2v) is 5.00. The molecule has 0 bridgehead atoms. The second-order valence-electron chi connectivity index (χ2n) is 5.00. The average Bonchev–Trinajstić information content (AvgIpc) is 2.40. The fourth-order valence-corrected chi connectivity index (χ4v) is 1.85. The Morgan fingerprint density at radius 1 is 1.32 bits per heavy atom. The summed E-state index contributed by atoms with van der Waals surface area (Å²) >= 11 is 0. The molecule has 1 unspecified atom stereocenters. The zero-order valence-electron chi connectivity index (χ0n) is 13.0. The van der Waals surface area contributed by atoms with E-state index in [2.05, 4.69) is 24.1 Å². The Morgan fingerprint density at radius 2 is 2.00 bits per heavy atom. The summed E-state index contributed by atoms with van der Waals surface area (Å²) in [4.78, 5) is 13.9. The fourth-order valence-electron chi connectivity index (χ4n) is 1.85. The number of carbonyl (C=O) groups is 1. The first-order valence-corrected chi connectivity index (χ1v) is 7.35. The van der Waals surface area contributed by atoms with Crippen molar-refractivity contribution < 1.29 is 9.53 Å². The topological polar surface area (TPSA) is 67.6 Å². The lowest BCUT2D eigenvalue weighted by Gasteiger charge is -2.30. The highest BCUT2D eigenvalue weighted by molar-refractivity contribution is 5.84. The molecule has 0 aliphatic rings. The minimum atomic E-state index is -0.616. The smallest absolute Gasteiger partial charge is 0.237 e. The van der Waals surface area contributed by atoms with E-state index in [1.54, 1.807) is 0 Å². The summed E-state index contributed by atoms with van der Waals surface area (Å²) in [6.45, 7) is 13.1. The molecule has 0 rings (SSSR count). The molecule has 1 atom stereocenters. The molecule has 0 fully saturated rings. The first kappa shape index (κ1) is 18.4. The van der Waals surface area contributed by atoms with Crippen molar-refractivity contribution in [1.29, 1.82) is 0 Å². The maximum Gasteiger partial charge on any atom is 0.237 e. The first-order valence-electron chi connectivity index (χ1n) is 7.35. The van der Waals surface area contributed by atoms with Crippen LogP contribution in [-0.4, -0.2) is 55.7 Å². The van der Waals surface area contributed by atoms with E-state index in [1.165, 1.54) is 0 Å². The van der Waals surface area contributed by atoms with Crippen molar-refractivity contribution >= 4 is 5.91 Å². The van der Waals surface area contributed by atoms with Crippen LogP contribution in [0.25, 0.3) is 0 Å². The van der Waals surface area contributed by atoms with Gasteiger partial charge < -0.3 is 20.7 Å². The molecule has 114 valence electrons. The van der Waals surface area contributed by atoms with Gasteiger partial charge in [0.05, 0.1) is 12.1 Å². The van der Waals surface area contributed by atoms with Crippen molar-refractivity contribution in [1.82, 2.24) is 10.2 Å². The van der Waals surface area contributed by atoms with Crippen LogP contribution in [0.5, 0.6) is 0 Å². The molecule has 0 aromatic heterocycles. The van der Waals surface area contributed by atoms with E-state index < -0.39 is 5.54 Å². The van der Waals surface area contributed by atoms with Crippen molar-refractivity contribution in [2.24, 2.45) is 5.73 Å². The van der Waals surface area contributed by atoms with Gasteiger partial charge in [-0.25, -0.2) is 0 Å². The van der Waals surface area contributed by atoms with E-state index in [-0.39, 0.29) is 5.91 Å². The molecule has 5 heteroatoms. The molecule has 3 N–H and O–H groups in total. The molecular weight excluding hydrogens is 242 g/mol. The Morgan fingerprint density at radius 3 is 2.47 bits per heavy atom. The van der Waals surface area contributed by atoms with Gasteiger partial charge in [0.2, 0.25) is 5.91 Å². The standard InChI is InChI=1S/C14H31N3O2/c1-5-9-16-14(4,13(15)18)8-10-17(6-2)11-12-19-7-3/h16H,5-12H2,1-4H3,(H2,15,18). The van der Waals surface area contributed by atoms with Crippen LogP contribution >= 0.6 is 0 Å². The van der Waals surface area contributed by atoms with E-state index >= 15 is 0 Å². The Labute approximate surface area is 117 Å². The highest BCUT2D eigenvalue weighted by Gasteiger charge is 2.30. The van der Waals surface area contributed by atoms with Gasteiger partial charge in [-0.05, 0) is 39.8 Å². The lowest BCUT2D eigenvalue weighted by molar-refractivity contribution is -0.124. The van der Waals surface area contributed by atoms with Crippen molar-refractivity contribution in [2.45, 2.75) is 46.1 Å². The second kappa shape index (κ2) is 10.2. The van der Waals surface area contributed by atoms with Crippen molar-refractivity contribution in [3.63, 3.8) is 0 Å². The largest absolute Gasteiger partial charge is 0.380 e. The van der Waals surface area contributed by atoms with Crippen LogP contribution in [0.2, 0.25) is 0 Å². The summed E-state index contributed by atoms with van der Waals surface area (Å²) in [6.07, 6.45) is 1.72. The predicted octanol–water partition coefficient (Wildman–Crippen LogP) is 0.979. The van der Waals surface area contributed by atoms with E-state index in [1.807, 2.05) is 13.8 Å². The molecule has 0 aromatic rings. The maximum absolute atomic E-state index is 11.6. The number of amides is 1. The molecule has 1 amide bonds. The molecule has 0 aromatic carbocycles. The van der Waals surface area contributed by atoms with E-state index in [4.69, 9.17) is 10.5 Å². The summed E-state index contributed by atoms with van der Waals surface area (Å²) in [7, 11) is 0. The van der Waals surface area contributed by atoms with Crippen LogP contribution in [0.1, 0.15) is 40.5 Å². The van der Waals surface area contributed by atoms with Crippen LogP contribution in [0.3, 0.4) is 0 Å². The number of ether oxygens (including phenoxy) is 1. The summed E-state index contributed by atoms with van der Waals surface area (Å²) in [6, 6.07) is 0. The van der Waals surface area contributed by atoms with Gasteiger partial charge in [-0.15, -0.1) is 0 Å². The quantitative estimate of drug-likeness (QED) is 0.520. The minimum absolute atomic E-state index is 0.276. The molecular formula is C14H31N3O2. The molecule has 0 aliphatic carbocycles. The highest BCUT2D eigenvalue weighted by Crippen LogP contribution is 2.10. The van der Waals surface area contributed by atoms with Crippen molar-refractivity contribution in [3.8, 4) is 0 Å². The zero-order valence-corrected chi connectivity index (χ0v) is 13.0. The minimum Gasteiger partial charge on any atom is -0.380 e. The summed E-state index contributed by atoms with van der Waals surface area (Å²) in [5, 5.41) is 3.26. The first-order chi connectivity index (χ1) is 9.00. The van der Waals surface area contributed by atoms with Crippen molar-refractivity contribution in [3.05, 3.63) is 0 Å². The number of hydrogen-bond acceptors (Lipinski definition) is 4. The van der Waals surface area contributed by atoms with Gasteiger partial charge in [-0.1, -0.05) is 13.8 Å². The molecule has 19 heavy (non-hydrogen) atoms. The third-order valence-corrected chi connectivity index (χ3v) is 3.44. The van der Waals surface area contributed by atoms with Gasteiger partial charge in [0, 0.05) is 19.7 Å². The van der Waals surface area contributed by atoms with Crippen LogP contribution in [0, 0.1) is 0 Å². The van der Waals surface area contributed by atoms with Crippen LogP contribution in [0.4, 0.5) is 0 Å². The number of nitrogens with zero attached hydrogens (tertiary/aromatic N) is 1. The molecule has 0 saturated heterocycles. The van der Waals surface area contributed by atoms with Crippen LogP contribution < -0.4 is 11.1 Å². The monoisotopic (exact) mass is 273 g/mol. The van der Waals surface area contributed by atoms with Gasteiger partial charge in [0.1, 0.15) is 0 Å². The number of hydrogen-bond donors (Lipinski definition) is 2. The maximum atomic E-state index is 11.6. The van der Waals surface area contributed by atoms with Gasteiger partial charge in [-0.2, -0.15) is 0 Å².